The molecule has 6 heteroatoms. The Bertz CT molecular complexity index is 530. The van der Waals surface area contributed by atoms with Gasteiger partial charge >= 0.3 is 0 Å². The molecule has 26 heavy (non-hydrogen) atoms. The van der Waals surface area contributed by atoms with Crippen LogP contribution in [-0.4, -0.2) is 39.1 Å². The molecule has 0 unspecified atom stereocenters. The van der Waals surface area contributed by atoms with Crippen LogP contribution in [0, 0.1) is 6.92 Å². The van der Waals surface area contributed by atoms with Gasteiger partial charge in [-0.25, -0.2) is 0 Å². The van der Waals surface area contributed by atoms with Gasteiger partial charge in [0.25, 0.3) is 0 Å². The number of ether oxygens (including phenoxy) is 2. The Balaban J connectivity index is -0.000000374. The first-order chi connectivity index (χ1) is 12.3. The number of hydrogen-bond donors (Lipinski definition) is 2. The van der Waals surface area contributed by atoms with Crippen LogP contribution >= 0.6 is 0 Å². The van der Waals surface area contributed by atoms with Gasteiger partial charge in [-0.3, -0.25) is 9.59 Å². The summed E-state index contributed by atoms with van der Waals surface area (Å²) in [6, 6.07) is 0. The molecular formula is C20H44N2O4. The van der Waals surface area contributed by atoms with Gasteiger partial charge < -0.3 is 20.1 Å². The maximum Gasteiger partial charge on any atom is 0.249 e. The van der Waals surface area contributed by atoms with Crippen LogP contribution in [0.5, 0.6) is 0 Å². The average Bonchev–Trinajstić information content (AvgIpc) is 2.63. The summed E-state index contributed by atoms with van der Waals surface area (Å²) < 4.78 is 11.3. The van der Waals surface area contributed by atoms with Gasteiger partial charge in [0.1, 0.15) is 0 Å². The molecule has 0 saturated carbocycles. The zero-order chi connectivity index (χ0) is 20.6. The molecule has 0 saturated heterocycles. The van der Waals surface area contributed by atoms with Crippen LogP contribution in [0.4, 0.5) is 5.69 Å². The molecule has 0 radical (unpaired) electrons. The highest BCUT2D eigenvalue weighted by Gasteiger charge is 2.18. The smallest absolute Gasteiger partial charge is 0.249 e. The second-order valence-electron chi connectivity index (χ2n) is 6.20. The Morgan fingerprint density at radius 3 is 1.85 bits per heavy atom. The molecule has 158 valence electrons. The fourth-order valence-corrected chi connectivity index (χ4v) is 1.93. The van der Waals surface area contributed by atoms with E-state index in [1.165, 1.54) is 6.42 Å². The lowest BCUT2D eigenvalue weighted by Gasteiger charge is -2.26. The van der Waals surface area contributed by atoms with E-state index in [0.29, 0.717) is 31.0 Å². The minimum Gasteiger partial charge on any atom is -0.381 e. The summed E-state index contributed by atoms with van der Waals surface area (Å²) in [4.78, 5) is 22.3. The summed E-state index contributed by atoms with van der Waals surface area (Å²) in [6.07, 6.45) is 2.93. The molecule has 0 aliphatic rings. The predicted molar refractivity (Wildman–Crippen MR) is 115 cm³/mol. The molecule has 2 N–H and O–H groups in total. The van der Waals surface area contributed by atoms with Crippen LogP contribution in [0.3, 0.4) is 0 Å². The Morgan fingerprint density at radius 1 is 0.962 bits per heavy atom. The zero-order valence-electron chi connectivity index (χ0n) is 18.1. The van der Waals surface area contributed by atoms with E-state index < -0.39 is 11.2 Å². The summed E-state index contributed by atoms with van der Waals surface area (Å²) in [5, 5.41) is 6.04. The van der Waals surface area contributed by atoms with Crippen molar-refractivity contribution in [2.75, 3.05) is 38.7 Å². The highest BCUT2D eigenvalue weighted by atomic mass is 16.7. The summed E-state index contributed by atoms with van der Waals surface area (Å²) in [6.45, 7) is 16.4. The lowest BCUT2D eigenvalue weighted by Crippen LogP contribution is -2.37. The van der Waals surface area contributed by atoms with Gasteiger partial charge in [-0.1, -0.05) is 34.1 Å². The van der Waals surface area contributed by atoms with Gasteiger partial charge in [0.15, 0.2) is 5.79 Å². The quantitative estimate of drug-likeness (QED) is 0.348. The van der Waals surface area contributed by atoms with Crippen molar-refractivity contribution in [2.24, 2.45) is 0 Å². The Morgan fingerprint density at radius 2 is 1.42 bits per heavy atom. The van der Waals surface area contributed by atoms with Crippen molar-refractivity contribution < 1.29 is 12.3 Å². The van der Waals surface area contributed by atoms with E-state index in [2.05, 4.69) is 24.5 Å². The summed E-state index contributed by atoms with van der Waals surface area (Å²) in [5.74, 6) is -0.606. The Hall–Kier alpha value is -1.24. The molecule has 1 rings (SSSR count). The molecule has 0 atom stereocenters. The standard InChI is InChI=1S/C15H26N2O4.C3H8.C2H6.2H2/c1-11-12(14(19)13(11)18)17-8-6-10-21-15(2,3)20-9-5-7-16-4;1-3-2;1-2;;/h16-17H,5-10H2,1-4H3;3H2,1-2H3;1-2H3;2*1H. The van der Waals surface area contributed by atoms with Gasteiger partial charge in [0.2, 0.25) is 10.9 Å². The van der Waals surface area contributed by atoms with E-state index in [0.717, 1.165) is 19.4 Å². The minimum atomic E-state index is -0.606. The molecule has 0 aromatic heterocycles. The molecule has 6 nitrogen and oxygen atoms in total. The van der Waals surface area contributed by atoms with Crippen LogP contribution in [0.1, 0.15) is 69.2 Å². The van der Waals surface area contributed by atoms with Crippen molar-refractivity contribution in [1.82, 2.24) is 5.32 Å². The highest BCUT2D eigenvalue weighted by Crippen LogP contribution is 2.12. The van der Waals surface area contributed by atoms with E-state index in [9.17, 15) is 9.59 Å². The SMILES string of the molecule is CC.CCC.CNCCCOC(C)(C)OCCCNc1c(C)c(=O)c1=O.[HH].[HH]. The second-order valence-corrected chi connectivity index (χ2v) is 6.20. The van der Waals surface area contributed by atoms with Crippen molar-refractivity contribution in [3.8, 4) is 0 Å². The van der Waals surface area contributed by atoms with Crippen LogP contribution in [0.25, 0.3) is 0 Å². The van der Waals surface area contributed by atoms with Crippen LogP contribution < -0.4 is 21.5 Å². The van der Waals surface area contributed by atoms with Crippen molar-refractivity contribution in [1.29, 1.82) is 0 Å². The zero-order valence-corrected chi connectivity index (χ0v) is 18.1. The third-order valence-corrected chi connectivity index (χ3v) is 3.24. The first-order valence-corrected chi connectivity index (χ1v) is 9.77. The molecule has 0 fully saturated rings. The van der Waals surface area contributed by atoms with E-state index in [-0.39, 0.29) is 8.28 Å². The molecular weight excluding hydrogens is 332 g/mol. The Kier molecular flexibility index (Phi) is 16.6. The molecule has 1 aromatic carbocycles. The fraction of sp³-hybridized carbons (Fsp3) is 0.800. The second kappa shape index (κ2) is 16.0. The average molecular weight is 377 g/mol. The largest absolute Gasteiger partial charge is 0.381 e. The number of hydrogen-bond acceptors (Lipinski definition) is 6. The van der Waals surface area contributed by atoms with E-state index >= 15 is 0 Å². The first-order valence-electron chi connectivity index (χ1n) is 9.77. The topological polar surface area (TPSA) is 76.7 Å². The van der Waals surface area contributed by atoms with E-state index in [1.807, 2.05) is 34.7 Å². The van der Waals surface area contributed by atoms with Gasteiger partial charge in [0, 0.05) is 15.0 Å². The molecule has 1 aromatic rings. The van der Waals surface area contributed by atoms with Gasteiger partial charge in [-0.05, 0) is 47.2 Å². The predicted octanol–water partition coefficient (Wildman–Crippen LogP) is 3.71. The van der Waals surface area contributed by atoms with Gasteiger partial charge in [0.05, 0.1) is 18.9 Å². The third-order valence-electron chi connectivity index (χ3n) is 3.24. The van der Waals surface area contributed by atoms with Crippen LogP contribution in [0.15, 0.2) is 9.59 Å². The number of rotatable bonds is 11. The maximum atomic E-state index is 11.2. The van der Waals surface area contributed by atoms with Gasteiger partial charge in [-0.15, -0.1) is 0 Å². The van der Waals surface area contributed by atoms with Crippen molar-refractivity contribution in [3.05, 3.63) is 26.0 Å². The summed E-state index contributed by atoms with van der Waals surface area (Å²) >= 11 is 0. The van der Waals surface area contributed by atoms with Crippen molar-refractivity contribution >= 4 is 5.69 Å². The Labute approximate surface area is 162 Å². The molecule has 0 aliphatic carbocycles. The van der Waals surface area contributed by atoms with Crippen molar-refractivity contribution in [2.45, 2.75) is 73.5 Å². The fourth-order valence-electron chi connectivity index (χ4n) is 1.93. The van der Waals surface area contributed by atoms with Crippen molar-refractivity contribution in [3.63, 3.8) is 0 Å². The van der Waals surface area contributed by atoms with Gasteiger partial charge in [-0.2, -0.15) is 0 Å². The summed E-state index contributed by atoms with van der Waals surface area (Å²) in [7, 11) is 1.91. The molecule has 0 bridgehead atoms. The molecule has 0 amide bonds. The van der Waals surface area contributed by atoms with E-state index in [1.54, 1.807) is 6.92 Å². The molecule has 0 heterocycles. The minimum absolute atomic E-state index is 0. The summed E-state index contributed by atoms with van der Waals surface area (Å²) in [5.41, 5.74) is 0.170. The third kappa shape index (κ3) is 11.4. The van der Waals surface area contributed by atoms with Crippen LogP contribution in [0.2, 0.25) is 0 Å². The molecule has 0 aliphatic heterocycles. The highest BCUT2D eigenvalue weighted by molar-refractivity contribution is 5.55. The first kappa shape index (κ1) is 27.0. The van der Waals surface area contributed by atoms with E-state index in [4.69, 9.17) is 9.47 Å². The molecule has 0 spiro atoms. The maximum absolute atomic E-state index is 11.2. The lowest BCUT2D eigenvalue weighted by atomic mass is 10.1. The monoisotopic (exact) mass is 376 g/mol. The number of nitrogens with one attached hydrogen (secondary N) is 2. The van der Waals surface area contributed by atoms with Crippen LogP contribution in [-0.2, 0) is 9.47 Å². The lowest BCUT2D eigenvalue weighted by molar-refractivity contribution is -0.213. The number of anilines is 1. The normalized spacial score (nSPS) is 10.6.